The second kappa shape index (κ2) is 9.96. The number of aliphatic hydroxyl groups is 1. The monoisotopic (exact) mass is 484 g/mol. The van der Waals surface area contributed by atoms with E-state index in [4.69, 9.17) is 9.47 Å². The number of tetrazole rings is 1. The summed E-state index contributed by atoms with van der Waals surface area (Å²) in [6.45, 7) is 4.13. The number of aromatic amines is 1. The predicted molar refractivity (Wildman–Crippen MR) is 132 cm³/mol. The van der Waals surface area contributed by atoms with Crippen LogP contribution in [0.3, 0.4) is 0 Å². The van der Waals surface area contributed by atoms with Gasteiger partial charge in [-0.25, -0.2) is 9.89 Å². The number of aliphatic hydroxyl groups excluding tert-OH is 1. The van der Waals surface area contributed by atoms with E-state index in [-0.39, 0.29) is 0 Å². The number of esters is 1. The highest BCUT2D eigenvalue weighted by Gasteiger charge is 2.21. The predicted octanol–water partition coefficient (Wildman–Crippen LogP) is 3.83. The van der Waals surface area contributed by atoms with Crippen LogP contribution in [0.15, 0.2) is 66.7 Å². The van der Waals surface area contributed by atoms with Gasteiger partial charge in [0, 0.05) is 5.56 Å². The molecule has 5 rings (SSSR count). The van der Waals surface area contributed by atoms with E-state index in [0.717, 1.165) is 22.3 Å². The number of imidazole rings is 1. The number of aromatic nitrogens is 6. The first-order valence-electron chi connectivity index (χ1n) is 11.5. The summed E-state index contributed by atoms with van der Waals surface area (Å²) in [5, 5.41) is 23.4. The van der Waals surface area contributed by atoms with Gasteiger partial charge in [-0.3, -0.25) is 4.57 Å². The Morgan fingerprint density at radius 2 is 1.72 bits per heavy atom. The Balaban J connectivity index is 1.45. The van der Waals surface area contributed by atoms with Crippen LogP contribution in [0.4, 0.5) is 0 Å². The van der Waals surface area contributed by atoms with Gasteiger partial charge in [0.05, 0.1) is 29.7 Å². The molecule has 182 valence electrons. The third kappa shape index (κ3) is 4.66. The molecule has 0 saturated heterocycles. The summed E-state index contributed by atoms with van der Waals surface area (Å²) in [7, 11) is 0. The SMILES string of the molecule is CCOc1nc2cccc(C(=O)OC(C)O)c2n1Cc1ccc(-c2ccc(-c3nnn[nH]3)cc2)cc1. The Morgan fingerprint density at radius 1 is 1.03 bits per heavy atom. The lowest BCUT2D eigenvalue weighted by Crippen LogP contribution is -2.15. The smallest absolute Gasteiger partial charge is 0.342 e. The number of nitrogens with one attached hydrogen (secondary N) is 1. The van der Waals surface area contributed by atoms with Crippen LogP contribution in [0.25, 0.3) is 33.5 Å². The zero-order chi connectivity index (χ0) is 25.1. The maximum Gasteiger partial charge on any atom is 0.342 e. The van der Waals surface area contributed by atoms with Gasteiger partial charge in [-0.1, -0.05) is 54.6 Å². The fraction of sp³-hybridized carbons (Fsp3) is 0.192. The summed E-state index contributed by atoms with van der Waals surface area (Å²) in [5.74, 6) is -0.00837. The molecule has 0 spiro atoms. The fourth-order valence-corrected chi connectivity index (χ4v) is 4.02. The van der Waals surface area contributed by atoms with Gasteiger partial charge >= 0.3 is 5.97 Å². The molecule has 1 unspecified atom stereocenters. The van der Waals surface area contributed by atoms with Crippen LogP contribution in [-0.4, -0.2) is 54.1 Å². The fourth-order valence-electron chi connectivity index (χ4n) is 4.02. The first-order chi connectivity index (χ1) is 17.5. The van der Waals surface area contributed by atoms with Crippen molar-refractivity contribution in [3.63, 3.8) is 0 Å². The third-order valence-electron chi connectivity index (χ3n) is 5.63. The van der Waals surface area contributed by atoms with Crippen molar-refractivity contribution in [1.82, 2.24) is 30.2 Å². The number of carbonyl (C=O) groups is 1. The number of ether oxygens (including phenoxy) is 2. The summed E-state index contributed by atoms with van der Waals surface area (Å²) in [4.78, 5) is 17.2. The number of benzene rings is 3. The van der Waals surface area contributed by atoms with Crippen LogP contribution in [0.1, 0.15) is 29.8 Å². The van der Waals surface area contributed by atoms with Gasteiger partial charge in [-0.2, -0.15) is 4.98 Å². The lowest BCUT2D eigenvalue weighted by atomic mass is 10.0. The van der Waals surface area contributed by atoms with E-state index in [1.165, 1.54) is 6.92 Å². The maximum atomic E-state index is 12.7. The minimum absolute atomic E-state index is 0.311. The van der Waals surface area contributed by atoms with Crippen LogP contribution in [-0.2, 0) is 11.3 Å². The summed E-state index contributed by atoms with van der Waals surface area (Å²) in [6, 6.07) is 21.7. The molecule has 0 fully saturated rings. The molecule has 0 saturated carbocycles. The average Bonchev–Trinajstić information content (AvgIpc) is 3.53. The molecule has 0 bridgehead atoms. The lowest BCUT2D eigenvalue weighted by Gasteiger charge is -2.13. The second-order valence-electron chi connectivity index (χ2n) is 8.12. The molecule has 2 N–H and O–H groups in total. The van der Waals surface area contributed by atoms with E-state index in [9.17, 15) is 9.90 Å². The van der Waals surface area contributed by atoms with Gasteiger partial charge in [0.15, 0.2) is 12.1 Å². The molecule has 2 aromatic heterocycles. The first-order valence-corrected chi connectivity index (χ1v) is 11.5. The summed E-state index contributed by atoms with van der Waals surface area (Å²) in [5.41, 5.74) is 5.53. The molecule has 36 heavy (non-hydrogen) atoms. The van der Waals surface area contributed by atoms with Crippen molar-refractivity contribution in [3.05, 3.63) is 77.9 Å². The van der Waals surface area contributed by atoms with Gasteiger partial charge in [0.25, 0.3) is 6.01 Å². The number of hydrogen-bond acceptors (Lipinski definition) is 8. The lowest BCUT2D eigenvalue weighted by molar-refractivity contribution is -0.0521. The molecule has 0 radical (unpaired) electrons. The number of H-pyrrole nitrogens is 1. The summed E-state index contributed by atoms with van der Waals surface area (Å²) in [6.07, 6.45) is -1.22. The molecule has 10 heteroatoms. The van der Waals surface area contributed by atoms with Gasteiger partial charge in [0.2, 0.25) is 0 Å². The van der Waals surface area contributed by atoms with Gasteiger partial charge in [-0.05, 0) is 53.1 Å². The topological polar surface area (TPSA) is 128 Å². The van der Waals surface area contributed by atoms with E-state index in [1.807, 2.05) is 66.1 Å². The van der Waals surface area contributed by atoms with Gasteiger partial charge < -0.3 is 14.6 Å². The molecule has 5 aromatic rings. The Bertz CT molecular complexity index is 1480. The summed E-state index contributed by atoms with van der Waals surface area (Å²) >= 11 is 0. The van der Waals surface area contributed by atoms with Crippen molar-refractivity contribution < 1.29 is 19.4 Å². The standard InChI is InChI=1S/C26H24N6O4/c1-3-35-26-27-22-6-4-5-21(25(34)36-16(2)33)23(22)32(26)15-17-7-9-18(10-8-17)19-11-13-20(14-12-19)24-28-30-31-29-24/h4-14,16,33H,3,15H2,1-2H3,(H,28,29,30,31). The molecule has 0 aliphatic rings. The van der Waals surface area contributed by atoms with E-state index < -0.39 is 12.3 Å². The van der Waals surface area contributed by atoms with Crippen molar-refractivity contribution in [2.75, 3.05) is 6.61 Å². The number of rotatable bonds is 8. The maximum absolute atomic E-state index is 12.7. The second-order valence-corrected chi connectivity index (χ2v) is 8.12. The highest BCUT2D eigenvalue weighted by atomic mass is 16.6. The van der Waals surface area contributed by atoms with E-state index in [1.54, 1.807) is 12.1 Å². The zero-order valence-electron chi connectivity index (χ0n) is 19.8. The molecule has 2 heterocycles. The average molecular weight is 485 g/mol. The van der Waals surface area contributed by atoms with Gasteiger partial charge in [0.1, 0.15) is 0 Å². The molecule has 3 aromatic carbocycles. The Kier molecular flexibility index (Phi) is 6.42. The molecule has 10 nitrogen and oxygen atoms in total. The number of nitrogens with zero attached hydrogens (tertiary/aromatic N) is 5. The molecule has 0 aliphatic carbocycles. The highest BCUT2D eigenvalue weighted by Crippen LogP contribution is 2.28. The zero-order valence-corrected chi connectivity index (χ0v) is 19.8. The number of carbonyl (C=O) groups excluding carboxylic acids is 1. The minimum atomic E-state index is -1.22. The normalized spacial score (nSPS) is 12.0. The molecular weight excluding hydrogens is 460 g/mol. The van der Waals surface area contributed by atoms with Crippen LogP contribution in [0.2, 0.25) is 0 Å². The number of hydrogen-bond donors (Lipinski definition) is 2. The van der Waals surface area contributed by atoms with Crippen LogP contribution in [0.5, 0.6) is 6.01 Å². The Hall–Kier alpha value is -4.57. The van der Waals surface area contributed by atoms with Crippen molar-refractivity contribution in [2.45, 2.75) is 26.7 Å². The number of para-hydroxylation sites is 1. The third-order valence-corrected chi connectivity index (χ3v) is 5.63. The van der Waals surface area contributed by atoms with Crippen molar-refractivity contribution in [3.8, 4) is 28.5 Å². The Morgan fingerprint density at radius 3 is 2.36 bits per heavy atom. The molecule has 1 atom stereocenters. The van der Waals surface area contributed by atoms with Crippen molar-refractivity contribution in [1.29, 1.82) is 0 Å². The molecular formula is C26H24N6O4. The van der Waals surface area contributed by atoms with E-state index in [0.29, 0.717) is 41.6 Å². The highest BCUT2D eigenvalue weighted by molar-refractivity contribution is 6.02. The minimum Gasteiger partial charge on any atom is -0.465 e. The van der Waals surface area contributed by atoms with Crippen molar-refractivity contribution in [2.24, 2.45) is 0 Å². The molecule has 0 amide bonds. The number of fused-ring (bicyclic) bond motifs is 1. The quantitative estimate of drug-likeness (QED) is 0.251. The summed E-state index contributed by atoms with van der Waals surface area (Å²) < 4.78 is 12.7. The van der Waals surface area contributed by atoms with E-state index >= 15 is 0 Å². The van der Waals surface area contributed by atoms with Crippen LogP contribution in [0, 0.1) is 0 Å². The first kappa shape index (κ1) is 23.2. The van der Waals surface area contributed by atoms with E-state index in [2.05, 4.69) is 25.6 Å². The Labute approximate surface area is 206 Å². The van der Waals surface area contributed by atoms with Crippen LogP contribution < -0.4 is 4.74 Å². The van der Waals surface area contributed by atoms with Gasteiger partial charge in [-0.15, -0.1) is 5.10 Å². The molecule has 0 aliphatic heterocycles. The van der Waals surface area contributed by atoms with Crippen LogP contribution >= 0.6 is 0 Å². The largest absolute Gasteiger partial charge is 0.465 e. The van der Waals surface area contributed by atoms with Crippen molar-refractivity contribution >= 4 is 17.0 Å².